The second-order valence-corrected chi connectivity index (χ2v) is 16.7. The molecule has 0 spiro atoms. The van der Waals surface area contributed by atoms with E-state index in [4.69, 9.17) is 45.3 Å². The summed E-state index contributed by atoms with van der Waals surface area (Å²) in [5.41, 5.74) is 5.37. The molecule has 0 saturated carbocycles. The minimum absolute atomic E-state index is 0.0473. The van der Waals surface area contributed by atoms with Crippen molar-refractivity contribution in [3.63, 3.8) is 0 Å². The van der Waals surface area contributed by atoms with Gasteiger partial charge in [0.15, 0.2) is 17.4 Å². The molecule has 2 aliphatic rings. The van der Waals surface area contributed by atoms with Crippen LogP contribution >= 0.6 is 23.1 Å². The predicted molar refractivity (Wildman–Crippen MR) is 245 cm³/mol. The van der Waals surface area contributed by atoms with Crippen LogP contribution in [0.2, 0.25) is 0 Å². The molecule has 3 aromatic heterocycles. The SMILES string of the molecule is COc1cc(-c2ncc3snc(O[C@H](Cc4ccccc4OCc4ccnc(-c5ccccc5OC)n4)C(=O)O)c3c2C2=C(C)C(Cl)=C(OCCN3CCN(C)CC3)CC2)ccc1F. The van der Waals surface area contributed by atoms with Crippen molar-refractivity contribution in [2.75, 3.05) is 60.6 Å². The van der Waals surface area contributed by atoms with E-state index in [-0.39, 0.29) is 24.7 Å². The average molecular weight is 907 g/mol. The number of allylic oxidation sites excluding steroid dienone is 4. The summed E-state index contributed by atoms with van der Waals surface area (Å²) in [5, 5.41) is 11.7. The number of ether oxygens (including phenoxy) is 5. The first-order valence-electron chi connectivity index (χ1n) is 20.9. The lowest BCUT2D eigenvalue weighted by molar-refractivity contribution is -0.145. The van der Waals surface area contributed by atoms with Crippen molar-refractivity contribution < 1.29 is 38.0 Å². The smallest absolute Gasteiger partial charge is 0.345 e. The van der Waals surface area contributed by atoms with Crippen LogP contribution in [0.1, 0.15) is 36.6 Å². The third kappa shape index (κ3) is 9.82. The highest BCUT2D eigenvalue weighted by Crippen LogP contribution is 2.47. The van der Waals surface area contributed by atoms with Crippen LogP contribution in [0, 0.1) is 5.82 Å². The number of rotatable bonds is 17. The molecular formula is C48H48ClFN6O7S. The topological polar surface area (TPSA) is 141 Å². The Hall–Kier alpha value is -6.13. The molecule has 1 N–H and O–H groups in total. The predicted octanol–water partition coefficient (Wildman–Crippen LogP) is 8.91. The molecule has 1 atom stereocenters. The maximum absolute atomic E-state index is 14.8. The molecule has 4 heterocycles. The second-order valence-electron chi connectivity index (χ2n) is 15.5. The molecule has 0 amide bonds. The Labute approximate surface area is 379 Å². The fraction of sp³-hybridized carbons (Fsp3) is 0.312. The summed E-state index contributed by atoms with van der Waals surface area (Å²) < 4.78 is 50.0. The number of hydrogen-bond donors (Lipinski definition) is 1. The van der Waals surface area contributed by atoms with Gasteiger partial charge in [0.25, 0.3) is 0 Å². The highest BCUT2D eigenvalue weighted by molar-refractivity contribution is 7.13. The Morgan fingerprint density at radius 2 is 1.70 bits per heavy atom. The van der Waals surface area contributed by atoms with Crippen molar-refractivity contribution in [3.05, 3.63) is 124 Å². The van der Waals surface area contributed by atoms with Crippen LogP contribution in [-0.2, 0) is 22.6 Å². The molecule has 1 aliphatic carbocycles. The van der Waals surface area contributed by atoms with E-state index in [1.807, 2.05) is 43.3 Å². The van der Waals surface area contributed by atoms with Gasteiger partial charge >= 0.3 is 5.97 Å². The lowest BCUT2D eigenvalue weighted by Crippen LogP contribution is -2.45. The van der Waals surface area contributed by atoms with E-state index in [0.29, 0.717) is 85.7 Å². The summed E-state index contributed by atoms with van der Waals surface area (Å²) in [6, 6.07) is 21.0. The normalized spacial score (nSPS) is 15.3. The lowest BCUT2D eigenvalue weighted by atomic mass is 9.87. The van der Waals surface area contributed by atoms with Crippen LogP contribution in [0.3, 0.4) is 0 Å². The van der Waals surface area contributed by atoms with Gasteiger partial charge in [0.1, 0.15) is 30.5 Å². The third-order valence-electron chi connectivity index (χ3n) is 11.5. The van der Waals surface area contributed by atoms with E-state index in [1.54, 1.807) is 49.8 Å². The van der Waals surface area contributed by atoms with Gasteiger partial charge < -0.3 is 33.7 Å². The van der Waals surface area contributed by atoms with E-state index in [9.17, 15) is 14.3 Å². The number of benzene rings is 3. The van der Waals surface area contributed by atoms with E-state index in [0.717, 1.165) is 61.0 Å². The molecule has 0 unspecified atom stereocenters. The Morgan fingerprint density at radius 1 is 0.938 bits per heavy atom. The third-order valence-corrected chi connectivity index (χ3v) is 12.7. The van der Waals surface area contributed by atoms with Crippen LogP contribution in [0.25, 0.3) is 38.3 Å². The van der Waals surface area contributed by atoms with Crippen molar-refractivity contribution in [3.8, 4) is 45.8 Å². The van der Waals surface area contributed by atoms with Crippen LogP contribution in [0.15, 0.2) is 102 Å². The van der Waals surface area contributed by atoms with Crippen LogP contribution in [0.4, 0.5) is 4.39 Å². The molecule has 3 aromatic carbocycles. The summed E-state index contributed by atoms with van der Waals surface area (Å²) >= 11 is 8.28. The minimum Gasteiger partial charge on any atom is -0.496 e. The largest absolute Gasteiger partial charge is 0.496 e. The summed E-state index contributed by atoms with van der Waals surface area (Å²) in [6.07, 6.45) is 2.97. The van der Waals surface area contributed by atoms with E-state index < -0.39 is 17.9 Å². The fourth-order valence-corrected chi connectivity index (χ4v) is 8.88. The highest BCUT2D eigenvalue weighted by Gasteiger charge is 2.30. The molecule has 16 heteroatoms. The summed E-state index contributed by atoms with van der Waals surface area (Å²) in [7, 11) is 5.13. The molecule has 1 aliphatic heterocycles. The number of likely N-dealkylation sites (N-methyl/N-ethyl adjacent to an activating group) is 1. The number of piperazine rings is 1. The number of fused-ring (bicyclic) bond motifs is 1. The van der Waals surface area contributed by atoms with Crippen molar-refractivity contribution >= 4 is 44.8 Å². The highest BCUT2D eigenvalue weighted by atomic mass is 35.5. The number of carboxylic acids is 1. The van der Waals surface area contributed by atoms with Gasteiger partial charge in [-0.25, -0.2) is 19.2 Å². The van der Waals surface area contributed by atoms with Crippen molar-refractivity contribution in [2.45, 2.75) is 38.9 Å². The first-order valence-corrected chi connectivity index (χ1v) is 22.1. The van der Waals surface area contributed by atoms with Crippen LogP contribution in [0.5, 0.6) is 23.1 Å². The van der Waals surface area contributed by atoms with E-state index in [1.165, 1.54) is 13.2 Å². The molecule has 6 aromatic rings. The first kappa shape index (κ1) is 44.5. The van der Waals surface area contributed by atoms with Gasteiger partial charge in [0.2, 0.25) is 12.0 Å². The summed E-state index contributed by atoms with van der Waals surface area (Å²) in [5.74, 6) is 0.787. The van der Waals surface area contributed by atoms with Gasteiger partial charge in [0.05, 0.1) is 46.3 Å². The maximum Gasteiger partial charge on any atom is 0.345 e. The van der Waals surface area contributed by atoms with Gasteiger partial charge in [-0.3, -0.25) is 9.88 Å². The summed E-state index contributed by atoms with van der Waals surface area (Å²) in [6.45, 7) is 7.36. The zero-order valence-corrected chi connectivity index (χ0v) is 37.5. The molecule has 64 heavy (non-hydrogen) atoms. The molecule has 0 bridgehead atoms. The Morgan fingerprint density at radius 3 is 2.48 bits per heavy atom. The van der Waals surface area contributed by atoms with Gasteiger partial charge in [-0.15, -0.1) is 0 Å². The van der Waals surface area contributed by atoms with Gasteiger partial charge in [0, 0.05) is 69.1 Å². The number of nitrogens with zero attached hydrogens (tertiary/aromatic N) is 6. The number of aliphatic carboxylic acids is 1. The number of hydrogen-bond acceptors (Lipinski definition) is 13. The van der Waals surface area contributed by atoms with Crippen molar-refractivity contribution in [1.82, 2.24) is 29.1 Å². The number of aromatic nitrogens is 4. The molecule has 0 radical (unpaired) electrons. The second kappa shape index (κ2) is 20.1. The van der Waals surface area contributed by atoms with E-state index in [2.05, 4.69) is 26.2 Å². The van der Waals surface area contributed by atoms with Crippen LogP contribution < -0.4 is 18.9 Å². The quantitative estimate of drug-likeness (QED) is 0.0932. The molecule has 8 rings (SSSR count). The molecule has 332 valence electrons. The Balaban J connectivity index is 1.10. The molecule has 1 saturated heterocycles. The minimum atomic E-state index is -1.37. The number of carboxylic acid groups (broad SMARTS) is 1. The Kier molecular flexibility index (Phi) is 14.0. The first-order chi connectivity index (χ1) is 31.1. The number of halogens is 2. The van der Waals surface area contributed by atoms with Crippen molar-refractivity contribution in [1.29, 1.82) is 0 Å². The summed E-state index contributed by atoms with van der Waals surface area (Å²) in [4.78, 5) is 31.8. The zero-order valence-electron chi connectivity index (χ0n) is 36.0. The van der Waals surface area contributed by atoms with E-state index >= 15 is 0 Å². The fourth-order valence-electron chi connectivity index (χ4n) is 7.92. The van der Waals surface area contributed by atoms with Gasteiger partial charge in [-0.05, 0) is 91.1 Å². The average Bonchev–Trinajstić information content (AvgIpc) is 3.73. The van der Waals surface area contributed by atoms with Crippen LogP contribution in [-0.4, -0.2) is 107 Å². The lowest BCUT2D eigenvalue weighted by Gasteiger charge is -2.32. The molecular weight excluding hydrogens is 859 g/mol. The number of methoxy groups -OCH3 is 2. The maximum atomic E-state index is 14.8. The van der Waals surface area contributed by atoms with Gasteiger partial charge in [-0.2, -0.15) is 4.37 Å². The zero-order chi connectivity index (χ0) is 44.7. The van der Waals surface area contributed by atoms with Gasteiger partial charge in [-0.1, -0.05) is 41.9 Å². The molecule has 1 fully saturated rings. The molecule has 13 nitrogen and oxygen atoms in total. The Bertz CT molecular complexity index is 2720. The number of pyridine rings is 1. The monoisotopic (exact) mass is 906 g/mol. The standard InChI is InChI=1S/C48H48ClFN6O7S/c1-29-33(14-16-38(44(29)49)61-24-23-56-21-19-55(2)20-22-56)42-43-41(27-52-45(42)31-13-15-35(50)39(26-31)60-4)64-54-47(43)63-40(48(57)58)25-30-9-5-7-11-36(30)62-28-32-17-18-51-46(53-32)34-10-6-8-12-37(34)59-3/h5-13,15,17-18,26-27,40H,14,16,19-25,28H2,1-4H3,(H,57,58)/t40-/m1/s1. The van der Waals surface area contributed by atoms with Crippen molar-refractivity contribution in [2.24, 2.45) is 0 Å². The number of carbonyl (C=O) groups is 1. The number of para-hydroxylation sites is 2.